The highest BCUT2D eigenvalue weighted by atomic mass is 16.5. The maximum absolute atomic E-state index is 10.6. The highest BCUT2D eigenvalue weighted by molar-refractivity contribution is 5.72. The number of nitrogens with two attached hydrogens (primary N) is 1. The molecule has 0 aliphatic heterocycles. The molecule has 0 saturated heterocycles. The molecule has 0 aliphatic carbocycles. The lowest BCUT2D eigenvalue weighted by molar-refractivity contribution is -0.138. The Kier molecular flexibility index (Phi) is 6.32. The summed E-state index contributed by atoms with van der Waals surface area (Å²) in [6.07, 6.45) is 0.447. The molecule has 3 N–H and O–H groups in total. The number of rotatable bonds is 8. The van der Waals surface area contributed by atoms with Crippen molar-refractivity contribution in [1.82, 2.24) is 4.90 Å². The maximum atomic E-state index is 10.6. The molecule has 0 saturated carbocycles. The number of carboxylic acid groups (broad SMARTS) is 1. The largest absolute Gasteiger partial charge is 0.494 e. The summed E-state index contributed by atoms with van der Waals surface area (Å²) in [7, 11) is 1.95. The number of carboxylic acids is 1. The van der Waals surface area contributed by atoms with Gasteiger partial charge in [0.05, 0.1) is 6.61 Å². The lowest BCUT2D eigenvalue weighted by atomic mass is 10.2. The van der Waals surface area contributed by atoms with E-state index in [2.05, 4.69) is 4.90 Å². The Labute approximate surface area is 114 Å². The predicted octanol–water partition coefficient (Wildman–Crippen LogP) is 1.32. The van der Waals surface area contributed by atoms with Gasteiger partial charge in [0.25, 0.3) is 0 Å². The standard InChI is InChI=1S/C14H22N2O3/c1-3-19-12-6-4-11(5-7-12)10-16(2)9-8-13(15)14(17)18/h4-7,13H,3,8-10,15H2,1-2H3,(H,17,18). The van der Waals surface area contributed by atoms with Crippen molar-refractivity contribution in [3.05, 3.63) is 29.8 Å². The minimum absolute atomic E-state index is 0.447. The minimum Gasteiger partial charge on any atom is -0.494 e. The molecule has 0 aliphatic rings. The third-order valence-electron chi connectivity index (χ3n) is 2.83. The van der Waals surface area contributed by atoms with Gasteiger partial charge in [-0.15, -0.1) is 0 Å². The van der Waals surface area contributed by atoms with E-state index >= 15 is 0 Å². The minimum atomic E-state index is -0.950. The summed E-state index contributed by atoms with van der Waals surface area (Å²) in [5, 5.41) is 8.71. The fraction of sp³-hybridized carbons (Fsp3) is 0.500. The smallest absolute Gasteiger partial charge is 0.320 e. The van der Waals surface area contributed by atoms with Crippen molar-refractivity contribution < 1.29 is 14.6 Å². The Hall–Kier alpha value is -1.59. The molecule has 5 heteroatoms. The van der Waals surface area contributed by atoms with E-state index in [4.69, 9.17) is 15.6 Å². The van der Waals surface area contributed by atoms with Crippen LogP contribution < -0.4 is 10.5 Å². The first-order chi connectivity index (χ1) is 9.02. The van der Waals surface area contributed by atoms with Gasteiger partial charge in [-0.3, -0.25) is 4.79 Å². The van der Waals surface area contributed by atoms with Crippen LogP contribution in [0.1, 0.15) is 18.9 Å². The van der Waals surface area contributed by atoms with Gasteiger partial charge in [-0.05, 0) is 38.1 Å². The molecule has 0 amide bonds. The predicted molar refractivity (Wildman–Crippen MR) is 74.2 cm³/mol. The van der Waals surface area contributed by atoms with Crippen LogP contribution in [0.15, 0.2) is 24.3 Å². The zero-order valence-corrected chi connectivity index (χ0v) is 11.5. The topological polar surface area (TPSA) is 75.8 Å². The molecule has 1 aromatic carbocycles. The summed E-state index contributed by atoms with van der Waals surface area (Å²) < 4.78 is 5.38. The van der Waals surface area contributed by atoms with Crippen molar-refractivity contribution in [2.75, 3.05) is 20.2 Å². The molecule has 0 fully saturated rings. The van der Waals surface area contributed by atoms with Gasteiger partial charge < -0.3 is 20.5 Å². The molecule has 1 rings (SSSR count). The van der Waals surface area contributed by atoms with Crippen LogP contribution in [0.4, 0.5) is 0 Å². The van der Waals surface area contributed by atoms with Gasteiger partial charge >= 0.3 is 5.97 Å². The van der Waals surface area contributed by atoms with Crippen LogP contribution in [0.2, 0.25) is 0 Å². The summed E-state index contributed by atoms with van der Waals surface area (Å²) >= 11 is 0. The van der Waals surface area contributed by atoms with Crippen molar-refractivity contribution in [3.8, 4) is 5.75 Å². The molecule has 0 radical (unpaired) electrons. The second-order valence-electron chi connectivity index (χ2n) is 4.55. The van der Waals surface area contributed by atoms with Gasteiger partial charge in [0, 0.05) is 13.1 Å². The zero-order valence-electron chi connectivity index (χ0n) is 11.5. The first-order valence-corrected chi connectivity index (χ1v) is 6.41. The summed E-state index contributed by atoms with van der Waals surface area (Å²) in [4.78, 5) is 12.7. The van der Waals surface area contributed by atoms with Crippen LogP contribution in [0.5, 0.6) is 5.75 Å². The molecule has 0 spiro atoms. The van der Waals surface area contributed by atoms with Crippen LogP contribution >= 0.6 is 0 Å². The van der Waals surface area contributed by atoms with Crippen LogP contribution in [-0.4, -0.2) is 42.2 Å². The number of aliphatic carboxylic acids is 1. The van der Waals surface area contributed by atoms with Crippen LogP contribution in [0, 0.1) is 0 Å². The zero-order chi connectivity index (χ0) is 14.3. The Morgan fingerprint density at radius 1 is 1.42 bits per heavy atom. The molecule has 0 heterocycles. The molecule has 0 bridgehead atoms. The molecule has 5 nitrogen and oxygen atoms in total. The molecule has 1 unspecified atom stereocenters. The second kappa shape index (κ2) is 7.76. The third-order valence-corrected chi connectivity index (χ3v) is 2.83. The second-order valence-corrected chi connectivity index (χ2v) is 4.55. The molecule has 106 valence electrons. The van der Waals surface area contributed by atoms with Crippen LogP contribution in [0.25, 0.3) is 0 Å². The van der Waals surface area contributed by atoms with E-state index in [-0.39, 0.29) is 0 Å². The monoisotopic (exact) mass is 266 g/mol. The average Bonchev–Trinajstić information content (AvgIpc) is 2.38. The lowest BCUT2D eigenvalue weighted by Crippen LogP contribution is -2.34. The molecule has 1 atom stereocenters. The number of hydrogen-bond acceptors (Lipinski definition) is 4. The molecule has 1 aromatic rings. The van der Waals surface area contributed by atoms with Gasteiger partial charge in [-0.25, -0.2) is 0 Å². The lowest BCUT2D eigenvalue weighted by Gasteiger charge is -2.18. The normalized spacial score (nSPS) is 12.4. The number of carbonyl (C=O) groups is 1. The van der Waals surface area contributed by atoms with Crippen LogP contribution in [-0.2, 0) is 11.3 Å². The highest BCUT2D eigenvalue weighted by Gasteiger charge is 2.12. The van der Waals surface area contributed by atoms with Crippen LogP contribution in [0.3, 0.4) is 0 Å². The van der Waals surface area contributed by atoms with E-state index in [1.165, 1.54) is 0 Å². The van der Waals surface area contributed by atoms with Gasteiger partial charge in [-0.1, -0.05) is 12.1 Å². The van der Waals surface area contributed by atoms with E-state index in [0.717, 1.165) is 17.9 Å². The number of hydrogen-bond donors (Lipinski definition) is 2. The Bertz CT molecular complexity index is 392. The summed E-state index contributed by atoms with van der Waals surface area (Å²) in [6, 6.07) is 7.12. The Morgan fingerprint density at radius 2 is 2.05 bits per heavy atom. The van der Waals surface area contributed by atoms with Crippen molar-refractivity contribution in [2.45, 2.75) is 25.9 Å². The Morgan fingerprint density at radius 3 is 2.58 bits per heavy atom. The average molecular weight is 266 g/mol. The van der Waals surface area contributed by atoms with E-state index in [1.54, 1.807) is 0 Å². The third kappa shape index (κ3) is 5.72. The van der Waals surface area contributed by atoms with Gasteiger partial charge in [0.1, 0.15) is 11.8 Å². The number of benzene rings is 1. The van der Waals surface area contributed by atoms with Gasteiger partial charge in [0.15, 0.2) is 0 Å². The molecular weight excluding hydrogens is 244 g/mol. The van der Waals surface area contributed by atoms with Gasteiger partial charge in [-0.2, -0.15) is 0 Å². The van der Waals surface area contributed by atoms with Crippen molar-refractivity contribution in [1.29, 1.82) is 0 Å². The van der Waals surface area contributed by atoms with Crippen molar-refractivity contribution >= 4 is 5.97 Å². The fourth-order valence-electron chi connectivity index (χ4n) is 1.73. The highest BCUT2D eigenvalue weighted by Crippen LogP contribution is 2.13. The fourth-order valence-corrected chi connectivity index (χ4v) is 1.73. The van der Waals surface area contributed by atoms with Crippen molar-refractivity contribution in [2.24, 2.45) is 5.73 Å². The van der Waals surface area contributed by atoms with E-state index in [1.807, 2.05) is 38.2 Å². The summed E-state index contributed by atoms with van der Waals surface area (Å²) in [6.45, 7) is 4.03. The SMILES string of the molecule is CCOc1ccc(CN(C)CCC(N)C(=O)O)cc1. The molecule has 19 heavy (non-hydrogen) atoms. The number of ether oxygens (including phenoxy) is 1. The quantitative estimate of drug-likeness (QED) is 0.742. The first kappa shape index (κ1) is 15.5. The van der Waals surface area contributed by atoms with E-state index < -0.39 is 12.0 Å². The van der Waals surface area contributed by atoms with E-state index in [9.17, 15) is 4.79 Å². The maximum Gasteiger partial charge on any atom is 0.320 e. The van der Waals surface area contributed by atoms with E-state index in [0.29, 0.717) is 19.6 Å². The summed E-state index contributed by atoms with van der Waals surface area (Å²) in [5.41, 5.74) is 6.63. The number of nitrogens with zero attached hydrogens (tertiary/aromatic N) is 1. The molecular formula is C14H22N2O3. The molecule has 0 aromatic heterocycles. The van der Waals surface area contributed by atoms with Crippen molar-refractivity contribution in [3.63, 3.8) is 0 Å². The van der Waals surface area contributed by atoms with Gasteiger partial charge in [0.2, 0.25) is 0 Å². The Balaban J connectivity index is 2.39. The summed E-state index contributed by atoms with van der Waals surface area (Å²) in [5.74, 6) is -0.0868. The first-order valence-electron chi connectivity index (χ1n) is 6.41.